The quantitative estimate of drug-likeness (QED) is 0.580. The smallest absolute Gasteiger partial charge is 0.339 e. The molecule has 1 aromatic carbocycles. The average molecular weight is 430 g/mol. The third-order valence-electron chi connectivity index (χ3n) is 5.79. The van der Waals surface area contributed by atoms with Gasteiger partial charge < -0.3 is 14.5 Å². The summed E-state index contributed by atoms with van der Waals surface area (Å²) in [5.41, 5.74) is 5.26. The molecule has 164 valence electrons. The minimum absolute atomic E-state index is 0.343. The van der Waals surface area contributed by atoms with Gasteiger partial charge in [0.05, 0.1) is 28.9 Å². The number of hydrogen-bond donors (Lipinski definition) is 0. The molecule has 3 aromatic rings. The molecule has 0 aliphatic carbocycles. The van der Waals surface area contributed by atoms with Crippen molar-refractivity contribution < 1.29 is 9.53 Å². The van der Waals surface area contributed by atoms with E-state index >= 15 is 0 Å². The Morgan fingerprint density at radius 3 is 2.59 bits per heavy atom. The topological polar surface area (TPSA) is 82.4 Å². The van der Waals surface area contributed by atoms with Crippen molar-refractivity contribution in [2.75, 3.05) is 42.6 Å². The van der Waals surface area contributed by atoms with Crippen molar-refractivity contribution >= 4 is 28.4 Å². The van der Waals surface area contributed by atoms with Gasteiger partial charge >= 0.3 is 5.97 Å². The van der Waals surface area contributed by atoms with Crippen LogP contribution in [-0.2, 0) is 4.74 Å². The van der Waals surface area contributed by atoms with Gasteiger partial charge in [0, 0.05) is 44.0 Å². The van der Waals surface area contributed by atoms with Crippen LogP contribution in [0.3, 0.4) is 0 Å². The van der Waals surface area contributed by atoms with Gasteiger partial charge in [-0.05, 0) is 51.0 Å². The molecule has 32 heavy (non-hydrogen) atoms. The van der Waals surface area contributed by atoms with Crippen molar-refractivity contribution in [3.05, 3.63) is 58.9 Å². The molecule has 3 heterocycles. The largest absolute Gasteiger partial charge is 0.462 e. The molecule has 4 rings (SSSR count). The van der Waals surface area contributed by atoms with Gasteiger partial charge in [-0.15, -0.1) is 0 Å². The van der Waals surface area contributed by atoms with Gasteiger partial charge in [0.1, 0.15) is 11.9 Å². The van der Waals surface area contributed by atoms with Crippen LogP contribution in [0.2, 0.25) is 0 Å². The molecule has 7 heteroatoms. The predicted octanol–water partition coefficient (Wildman–Crippen LogP) is 4.01. The molecule has 0 saturated carbocycles. The van der Waals surface area contributed by atoms with Crippen LogP contribution >= 0.6 is 0 Å². The predicted molar refractivity (Wildman–Crippen MR) is 125 cm³/mol. The first-order valence-electron chi connectivity index (χ1n) is 10.9. The Morgan fingerprint density at radius 1 is 1.09 bits per heavy atom. The van der Waals surface area contributed by atoms with Crippen LogP contribution in [0.25, 0.3) is 10.9 Å². The molecule has 0 unspecified atom stereocenters. The summed E-state index contributed by atoms with van der Waals surface area (Å²) in [6, 6.07) is 10.2. The zero-order valence-electron chi connectivity index (χ0n) is 18.8. The second-order valence-corrected chi connectivity index (χ2v) is 8.06. The van der Waals surface area contributed by atoms with Gasteiger partial charge in [0.15, 0.2) is 0 Å². The highest BCUT2D eigenvalue weighted by molar-refractivity contribution is 5.96. The molecule has 1 aliphatic heterocycles. The summed E-state index contributed by atoms with van der Waals surface area (Å²) in [5, 5.41) is 10.8. The Labute approximate surface area is 188 Å². The molecular formula is C25H27N5O2. The Bertz CT molecular complexity index is 1180. The van der Waals surface area contributed by atoms with Crippen LogP contribution < -0.4 is 9.80 Å². The first kappa shape index (κ1) is 21.6. The SMILES string of the molecule is CCOC(=O)c1ccc(N2CCCN(c3c(C#N)cnc4c(C)cc(C)cc34)CC2)nc1. The summed E-state index contributed by atoms with van der Waals surface area (Å²) < 4.78 is 5.04. The van der Waals surface area contributed by atoms with Gasteiger partial charge in [0.2, 0.25) is 0 Å². The van der Waals surface area contributed by atoms with Crippen molar-refractivity contribution in [3.63, 3.8) is 0 Å². The Balaban J connectivity index is 1.60. The van der Waals surface area contributed by atoms with E-state index in [0.717, 1.165) is 66.1 Å². The average Bonchev–Trinajstić information content (AvgIpc) is 3.04. The van der Waals surface area contributed by atoms with Gasteiger partial charge in [-0.2, -0.15) is 5.26 Å². The summed E-state index contributed by atoms with van der Waals surface area (Å²) in [7, 11) is 0. The fourth-order valence-corrected chi connectivity index (χ4v) is 4.35. The number of ether oxygens (including phenoxy) is 1. The lowest BCUT2D eigenvalue weighted by molar-refractivity contribution is 0.0526. The summed E-state index contributed by atoms with van der Waals surface area (Å²) in [5.74, 6) is 0.486. The van der Waals surface area contributed by atoms with Crippen molar-refractivity contribution in [1.29, 1.82) is 5.26 Å². The van der Waals surface area contributed by atoms with Crippen LogP contribution in [0, 0.1) is 25.2 Å². The van der Waals surface area contributed by atoms with Crippen LogP contribution in [0.4, 0.5) is 11.5 Å². The van der Waals surface area contributed by atoms with E-state index in [2.05, 4.69) is 51.8 Å². The number of carbonyl (C=O) groups excluding carboxylic acids is 1. The normalized spacial score (nSPS) is 14.2. The molecule has 0 spiro atoms. The maximum absolute atomic E-state index is 11.9. The number of esters is 1. The second kappa shape index (κ2) is 9.23. The summed E-state index contributed by atoms with van der Waals surface area (Å²) in [6.45, 7) is 9.50. The van der Waals surface area contributed by atoms with Gasteiger partial charge in [-0.1, -0.05) is 11.6 Å². The first-order chi connectivity index (χ1) is 15.5. The molecular weight excluding hydrogens is 402 g/mol. The van der Waals surface area contributed by atoms with Gasteiger partial charge in [0.25, 0.3) is 0 Å². The minimum Gasteiger partial charge on any atom is -0.462 e. The van der Waals surface area contributed by atoms with E-state index < -0.39 is 0 Å². The first-order valence-corrected chi connectivity index (χ1v) is 10.9. The number of pyridine rings is 2. The molecule has 0 radical (unpaired) electrons. The molecule has 0 atom stereocenters. The van der Waals surface area contributed by atoms with E-state index in [-0.39, 0.29) is 5.97 Å². The number of aromatic nitrogens is 2. The highest BCUT2D eigenvalue weighted by atomic mass is 16.5. The highest BCUT2D eigenvalue weighted by Crippen LogP contribution is 2.32. The zero-order valence-corrected chi connectivity index (χ0v) is 18.8. The van der Waals surface area contributed by atoms with Crippen molar-refractivity contribution in [3.8, 4) is 6.07 Å². The summed E-state index contributed by atoms with van der Waals surface area (Å²) in [4.78, 5) is 25.5. The van der Waals surface area contributed by atoms with Gasteiger partial charge in [-0.3, -0.25) is 4.98 Å². The van der Waals surface area contributed by atoms with E-state index in [0.29, 0.717) is 17.7 Å². The number of fused-ring (bicyclic) bond motifs is 1. The lowest BCUT2D eigenvalue weighted by Gasteiger charge is -2.26. The van der Waals surface area contributed by atoms with E-state index in [1.165, 1.54) is 0 Å². The van der Waals surface area contributed by atoms with Gasteiger partial charge in [-0.25, -0.2) is 9.78 Å². The van der Waals surface area contributed by atoms with Crippen molar-refractivity contribution in [2.24, 2.45) is 0 Å². The van der Waals surface area contributed by atoms with Crippen molar-refractivity contribution in [2.45, 2.75) is 27.2 Å². The number of rotatable bonds is 4. The van der Waals surface area contributed by atoms with Crippen LogP contribution in [-0.4, -0.2) is 48.7 Å². The third kappa shape index (κ3) is 4.22. The third-order valence-corrected chi connectivity index (χ3v) is 5.79. The van der Waals surface area contributed by atoms with Crippen molar-refractivity contribution in [1.82, 2.24) is 9.97 Å². The number of carbonyl (C=O) groups is 1. The zero-order chi connectivity index (χ0) is 22.7. The van der Waals surface area contributed by atoms with Crippen LogP contribution in [0.5, 0.6) is 0 Å². The molecule has 1 aliphatic rings. The molecule has 0 N–H and O–H groups in total. The number of nitriles is 1. The number of nitrogens with zero attached hydrogens (tertiary/aromatic N) is 5. The molecule has 7 nitrogen and oxygen atoms in total. The standard InChI is InChI=1S/C25H27N5O2/c1-4-32-25(31)19-6-7-22(27-15-19)29-8-5-9-30(11-10-29)24-20(14-26)16-28-23-18(3)12-17(2)13-21(23)24/h6-7,12-13,15-16H,4-5,8-11H2,1-3H3. The van der Waals surface area contributed by atoms with E-state index in [1.54, 1.807) is 25.4 Å². The van der Waals surface area contributed by atoms with E-state index in [4.69, 9.17) is 4.74 Å². The number of anilines is 2. The molecule has 1 saturated heterocycles. The minimum atomic E-state index is -0.354. The Morgan fingerprint density at radius 2 is 1.88 bits per heavy atom. The fraction of sp³-hybridized carbons (Fsp3) is 0.360. The Kier molecular flexibility index (Phi) is 6.22. The van der Waals surface area contributed by atoms with Crippen LogP contribution in [0.15, 0.2) is 36.7 Å². The summed E-state index contributed by atoms with van der Waals surface area (Å²) >= 11 is 0. The monoisotopic (exact) mass is 429 g/mol. The van der Waals surface area contributed by atoms with E-state index in [9.17, 15) is 10.1 Å². The number of aryl methyl sites for hydroxylation is 2. The molecule has 0 amide bonds. The van der Waals surface area contributed by atoms with E-state index in [1.807, 2.05) is 6.07 Å². The maximum atomic E-state index is 11.9. The second-order valence-electron chi connectivity index (χ2n) is 8.06. The molecule has 0 bridgehead atoms. The summed E-state index contributed by atoms with van der Waals surface area (Å²) in [6.07, 6.45) is 4.20. The lowest BCUT2D eigenvalue weighted by atomic mass is 10.0. The fourth-order valence-electron chi connectivity index (χ4n) is 4.35. The Hall–Kier alpha value is -3.66. The lowest BCUT2D eigenvalue weighted by Crippen LogP contribution is -2.31. The van der Waals surface area contributed by atoms with Crippen LogP contribution in [0.1, 0.15) is 40.4 Å². The molecule has 2 aromatic heterocycles. The molecule has 1 fully saturated rings. The number of hydrogen-bond acceptors (Lipinski definition) is 7. The number of benzene rings is 1. The maximum Gasteiger partial charge on any atom is 0.339 e. The highest BCUT2D eigenvalue weighted by Gasteiger charge is 2.22.